The maximum Gasteiger partial charge on any atom is 0.259 e. The molecule has 1 aliphatic heterocycles. The maximum atomic E-state index is 13.0. The van der Waals surface area contributed by atoms with Crippen LogP contribution >= 0.6 is 11.3 Å². The molecular weight excluding hydrogens is 426 g/mol. The van der Waals surface area contributed by atoms with Gasteiger partial charge in [-0.1, -0.05) is 48.6 Å². The van der Waals surface area contributed by atoms with Crippen LogP contribution < -0.4 is 15.5 Å². The fraction of sp³-hybridized carbons (Fsp3) is 0.261. The van der Waals surface area contributed by atoms with Crippen molar-refractivity contribution in [2.75, 3.05) is 22.1 Å². The lowest BCUT2D eigenvalue weighted by molar-refractivity contribution is -0.122. The van der Waals surface area contributed by atoms with Crippen molar-refractivity contribution in [2.24, 2.45) is 5.92 Å². The Morgan fingerprint density at radius 3 is 2.59 bits per heavy atom. The van der Waals surface area contributed by atoms with Crippen LogP contribution in [0.25, 0.3) is 0 Å². The molecule has 1 aliphatic rings. The monoisotopic (exact) mass is 449 g/mol. The van der Waals surface area contributed by atoms with Gasteiger partial charge in [-0.15, -0.1) is 10.2 Å². The summed E-state index contributed by atoms with van der Waals surface area (Å²) in [4.78, 5) is 40.0. The summed E-state index contributed by atoms with van der Waals surface area (Å²) in [5, 5.41) is 14.8. The van der Waals surface area contributed by atoms with E-state index in [9.17, 15) is 14.4 Å². The number of carbonyl (C=O) groups is 3. The number of hydrogen-bond acceptors (Lipinski definition) is 6. The number of amides is 3. The highest BCUT2D eigenvalue weighted by atomic mass is 32.1. The van der Waals surface area contributed by atoms with Gasteiger partial charge in [0.05, 0.1) is 17.2 Å². The Kier molecular flexibility index (Phi) is 6.27. The minimum atomic E-state index is -0.506. The number of carbonyl (C=O) groups excluding carboxylic acids is 3. The van der Waals surface area contributed by atoms with E-state index in [4.69, 9.17) is 0 Å². The van der Waals surface area contributed by atoms with Crippen molar-refractivity contribution < 1.29 is 14.4 Å². The number of para-hydroxylation sites is 2. The first-order chi connectivity index (χ1) is 15.5. The molecule has 3 amide bonds. The second kappa shape index (κ2) is 9.27. The van der Waals surface area contributed by atoms with Crippen LogP contribution in [0.5, 0.6) is 0 Å². The SMILES string of the molecule is CCc1nnc(NC(=O)c2ccccc2NC(=O)[C@H]2CC(=O)N(c3ccccc3C)C2)s1. The molecule has 0 spiro atoms. The first-order valence-electron chi connectivity index (χ1n) is 10.4. The summed E-state index contributed by atoms with van der Waals surface area (Å²) in [5.41, 5.74) is 2.49. The molecule has 3 aromatic rings. The molecule has 0 aliphatic carbocycles. The Balaban J connectivity index is 1.46. The van der Waals surface area contributed by atoms with E-state index in [1.807, 2.05) is 38.1 Å². The number of rotatable bonds is 6. The quantitative estimate of drug-likeness (QED) is 0.598. The Bertz CT molecular complexity index is 1180. The number of nitrogens with one attached hydrogen (secondary N) is 2. The molecule has 164 valence electrons. The smallest absolute Gasteiger partial charge is 0.259 e. The van der Waals surface area contributed by atoms with Gasteiger partial charge in [-0.2, -0.15) is 0 Å². The molecule has 2 aromatic carbocycles. The second-order valence-electron chi connectivity index (χ2n) is 7.54. The molecule has 2 N–H and O–H groups in total. The zero-order valence-electron chi connectivity index (χ0n) is 17.8. The van der Waals surface area contributed by atoms with Crippen molar-refractivity contribution in [3.8, 4) is 0 Å². The van der Waals surface area contributed by atoms with E-state index in [2.05, 4.69) is 20.8 Å². The maximum absolute atomic E-state index is 13.0. The Morgan fingerprint density at radius 2 is 1.84 bits per heavy atom. The third kappa shape index (κ3) is 4.52. The van der Waals surface area contributed by atoms with Gasteiger partial charge in [-0.25, -0.2) is 0 Å². The van der Waals surface area contributed by atoms with Gasteiger partial charge in [-0.05, 0) is 37.1 Å². The van der Waals surface area contributed by atoms with E-state index in [0.717, 1.165) is 22.7 Å². The third-order valence-corrected chi connectivity index (χ3v) is 6.30. The first-order valence-corrected chi connectivity index (χ1v) is 11.2. The minimum Gasteiger partial charge on any atom is -0.325 e. The lowest BCUT2D eigenvalue weighted by atomic mass is 10.1. The predicted molar refractivity (Wildman–Crippen MR) is 124 cm³/mol. The van der Waals surface area contributed by atoms with Crippen LogP contribution in [-0.4, -0.2) is 34.5 Å². The van der Waals surface area contributed by atoms with Crippen molar-refractivity contribution in [2.45, 2.75) is 26.7 Å². The van der Waals surface area contributed by atoms with Gasteiger partial charge >= 0.3 is 0 Å². The Morgan fingerprint density at radius 1 is 1.09 bits per heavy atom. The highest BCUT2D eigenvalue weighted by Gasteiger charge is 2.36. The Hall–Kier alpha value is -3.59. The molecule has 1 aromatic heterocycles. The summed E-state index contributed by atoms with van der Waals surface area (Å²) in [6.07, 6.45) is 0.860. The minimum absolute atomic E-state index is 0.0894. The van der Waals surface area contributed by atoms with Gasteiger partial charge in [0.25, 0.3) is 5.91 Å². The molecule has 0 saturated carbocycles. The van der Waals surface area contributed by atoms with Gasteiger partial charge in [0.1, 0.15) is 5.01 Å². The number of aryl methyl sites for hydroxylation is 2. The van der Waals surface area contributed by atoms with E-state index >= 15 is 0 Å². The number of benzene rings is 2. The molecular formula is C23H23N5O3S. The second-order valence-corrected chi connectivity index (χ2v) is 8.60. The molecule has 32 heavy (non-hydrogen) atoms. The van der Waals surface area contributed by atoms with E-state index in [1.165, 1.54) is 11.3 Å². The normalized spacial score (nSPS) is 15.6. The van der Waals surface area contributed by atoms with Gasteiger partial charge < -0.3 is 10.2 Å². The number of nitrogens with zero attached hydrogens (tertiary/aromatic N) is 3. The van der Waals surface area contributed by atoms with Crippen LogP contribution in [0.4, 0.5) is 16.5 Å². The largest absolute Gasteiger partial charge is 0.325 e. The van der Waals surface area contributed by atoms with Crippen LogP contribution in [0.15, 0.2) is 48.5 Å². The molecule has 0 radical (unpaired) electrons. The molecule has 2 heterocycles. The molecule has 4 rings (SSSR count). The average molecular weight is 450 g/mol. The molecule has 1 fully saturated rings. The number of aromatic nitrogens is 2. The van der Waals surface area contributed by atoms with Crippen molar-refractivity contribution in [1.29, 1.82) is 0 Å². The summed E-state index contributed by atoms with van der Waals surface area (Å²) >= 11 is 1.31. The molecule has 1 saturated heterocycles. The zero-order chi connectivity index (χ0) is 22.7. The highest BCUT2D eigenvalue weighted by Crippen LogP contribution is 2.29. The number of anilines is 3. The topological polar surface area (TPSA) is 104 Å². The fourth-order valence-electron chi connectivity index (χ4n) is 3.62. The summed E-state index contributed by atoms with van der Waals surface area (Å²) in [6.45, 7) is 4.20. The average Bonchev–Trinajstić information content (AvgIpc) is 3.40. The van der Waals surface area contributed by atoms with Crippen LogP contribution in [0, 0.1) is 12.8 Å². The molecule has 9 heteroatoms. The van der Waals surface area contributed by atoms with Crippen molar-refractivity contribution in [3.63, 3.8) is 0 Å². The first kappa shape index (κ1) is 21.6. The summed E-state index contributed by atoms with van der Waals surface area (Å²) in [5.74, 6) is -1.27. The van der Waals surface area contributed by atoms with Gasteiger partial charge in [-0.3, -0.25) is 19.7 Å². The van der Waals surface area contributed by atoms with Gasteiger partial charge in [0.2, 0.25) is 16.9 Å². The standard InChI is InChI=1S/C23H23N5O3S/c1-3-19-26-27-23(32-19)25-22(31)16-9-5-6-10-17(16)24-21(30)15-12-20(29)28(13-15)18-11-7-4-8-14(18)2/h4-11,15H,3,12-13H2,1-2H3,(H,24,30)(H,25,27,31)/t15-/m0/s1. The molecule has 0 bridgehead atoms. The van der Waals surface area contributed by atoms with Crippen molar-refractivity contribution in [1.82, 2.24) is 10.2 Å². The number of hydrogen-bond donors (Lipinski definition) is 2. The highest BCUT2D eigenvalue weighted by molar-refractivity contribution is 7.15. The van der Waals surface area contributed by atoms with Crippen LogP contribution in [-0.2, 0) is 16.0 Å². The lowest BCUT2D eigenvalue weighted by Crippen LogP contribution is -2.29. The zero-order valence-corrected chi connectivity index (χ0v) is 18.6. The molecule has 1 atom stereocenters. The Labute approximate surface area is 189 Å². The van der Waals surface area contributed by atoms with Gasteiger partial charge in [0, 0.05) is 18.7 Å². The summed E-state index contributed by atoms with van der Waals surface area (Å²) in [7, 11) is 0. The van der Waals surface area contributed by atoms with Crippen LogP contribution in [0.1, 0.15) is 34.3 Å². The van der Waals surface area contributed by atoms with Crippen molar-refractivity contribution in [3.05, 3.63) is 64.7 Å². The van der Waals surface area contributed by atoms with E-state index in [1.54, 1.807) is 29.2 Å². The predicted octanol–water partition coefficient (Wildman–Crippen LogP) is 3.65. The van der Waals surface area contributed by atoms with Crippen LogP contribution in [0.2, 0.25) is 0 Å². The van der Waals surface area contributed by atoms with E-state index in [-0.39, 0.29) is 24.1 Å². The van der Waals surface area contributed by atoms with E-state index < -0.39 is 5.92 Å². The van der Waals surface area contributed by atoms with Crippen molar-refractivity contribution >= 4 is 45.6 Å². The van der Waals surface area contributed by atoms with Crippen LogP contribution in [0.3, 0.4) is 0 Å². The summed E-state index contributed by atoms with van der Waals surface area (Å²) in [6, 6.07) is 14.4. The third-order valence-electron chi connectivity index (χ3n) is 5.32. The lowest BCUT2D eigenvalue weighted by Gasteiger charge is -2.19. The van der Waals surface area contributed by atoms with Gasteiger partial charge in [0.15, 0.2) is 0 Å². The molecule has 8 nitrogen and oxygen atoms in total. The summed E-state index contributed by atoms with van der Waals surface area (Å²) < 4.78 is 0. The fourth-order valence-corrected chi connectivity index (χ4v) is 4.29. The van der Waals surface area contributed by atoms with E-state index in [0.29, 0.717) is 22.9 Å². The molecule has 0 unspecified atom stereocenters.